The van der Waals surface area contributed by atoms with Gasteiger partial charge in [-0.2, -0.15) is 0 Å². The highest BCUT2D eigenvalue weighted by Gasteiger charge is 2.00. The summed E-state index contributed by atoms with van der Waals surface area (Å²) in [6, 6.07) is 0. The maximum absolute atomic E-state index is 8.51. The van der Waals surface area contributed by atoms with Gasteiger partial charge < -0.3 is 9.84 Å². The number of ether oxygens (including phenoxy) is 1. The van der Waals surface area contributed by atoms with Crippen molar-refractivity contribution < 1.29 is 9.84 Å². The summed E-state index contributed by atoms with van der Waals surface area (Å²) in [5.74, 6) is 0.678. The van der Waals surface area contributed by atoms with E-state index in [2.05, 4.69) is 6.92 Å². The first kappa shape index (κ1) is 10.9. The van der Waals surface area contributed by atoms with E-state index in [0.29, 0.717) is 5.92 Å². The van der Waals surface area contributed by atoms with Crippen LogP contribution in [-0.4, -0.2) is 25.4 Å². The molecule has 0 spiro atoms. The lowest BCUT2D eigenvalue weighted by molar-refractivity contribution is 0.187. The highest BCUT2D eigenvalue weighted by atomic mass is 16.5. The molecular weight excluding hydrogens is 140 g/mol. The minimum Gasteiger partial charge on any atom is -0.396 e. The van der Waals surface area contributed by atoms with Gasteiger partial charge >= 0.3 is 0 Å². The fourth-order valence-corrected chi connectivity index (χ4v) is 1.05. The normalized spacial score (nSPS) is 13.4. The maximum atomic E-state index is 8.51. The van der Waals surface area contributed by atoms with Crippen molar-refractivity contribution in [1.82, 2.24) is 0 Å². The minimum atomic E-state index is 0.203. The first-order chi connectivity index (χ1) is 5.31. The van der Waals surface area contributed by atoms with E-state index in [0.717, 1.165) is 19.4 Å². The Balaban J connectivity index is 3.02. The van der Waals surface area contributed by atoms with Crippen LogP contribution >= 0.6 is 0 Å². The molecule has 67 valence electrons. The third kappa shape index (κ3) is 7.82. The molecule has 0 aromatic rings. The number of hydrogen-bond donors (Lipinski definition) is 1. The van der Waals surface area contributed by atoms with E-state index in [4.69, 9.17) is 9.84 Å². The predicted octanol–water partition coefficient (Wildman–Crippen LogP) is 1.64. The average Bonchev–Trinajstić information content (AvgIpc) is 2.01. The molecule has 0 saturated carbocycles. The first-order valence-corrected chi connectivity index (χ1v) is 4.22. The quantitative estimate of drug-likeness (QED) is 0.572. The molecule has 0 bridgehead atoms. The monoisotopic (exact) mass is 159 g/mol. The lowest BCUT2D eigenvalue weighted by Crippen LogP contribution is -1.99. The molecule has 0 aromatic carbocycles. The summed E-state index contributed by atoms with van der Waals surface area (Å²) in [6.45, 7) is 3.25. The van der Waals surface area contributed by atoms with E-state index in [1.54, 1.807) is 7.11 Å². The van der Waals surface area contributed by atoms with Crippen LogP contribution in [0.3, 0.4) is 0 Å². The zero-order valence-electron chi connectivity index (χ0n) is 7.55. The van der Waals surface area contributed by atoms with Crippen molar-refractivity contribution in [1.29, 1.82) is 0 Å². The van der Waals surface area contributed by atoms with Gasteiger partial charge in [0.25, 0.3) is 0 Å². The van der Waals surface area contributed by atoms with Gasteiger partial charge in [0, 0.05) is 20.3 Å². The van der Waals surface area contributed by atoms with E-state index < -0.39 is 0 Å². The summed E-state index contributed by atoms with van der Waals surface area (Å²) >= 11 is 0. The van der Waals surface area contributed by atoms with Gasteiger partial charge in [-0.25, -0.2) is 0 Å². The zero-order valence-corrected chi connectivity index (χ0v) is 7.55. The van der Waals surface area contributed by atoms with Gasteiger partial charge in [-0.05, 0) is 31.6 Å². The number of hydrogen-bond acceptors (Lipinski definition) is 2. The molecule has 1 unspecified atom stereocenters. The van der Waals surface area contributed by atoms with Crippen molar-refractivity contribution in [3.05, 3.63) is 6.42 Å². The maximum Gasteiger partial charge on any atom is 0.0462 e. The van der Waals surface area contributed by atoms with Crippen LogP contribution in [0.25, 0.3) is 0 Å². The molecule has 0 aromatic heterocycles. The largest absolute Gasteiger partial charge is 0.396 e. The molecule has 0 rings (SSSR count). The van der Waals surface area contributed by atoms with Crippen LogP contribution < -0.4 is 0 Å². The fraction of sp³-hybridized carbons (Fsp3) is 0.889. The van der Waals surface area contributed by atoms with Gasteiger partial charge in [0.2, 0.25) is 0 Å². The SMILES string of the molecule is COCCCC(C)C[CH]CO. The van der Waals surface area contributed by atoms with Gasteiger partial charge in [0.05, 0.1) is 0 Å². The first-order valence-electron chi connectivity index (χ1n) is 4.22. The van der Waals surface area contributed by atoms with Gasteiger partial charge in [0.1, 0.15) is 0 Å². The van der Waals surface area contributed by atoms with E-state index in [-0.39, 0.29) is 6.61 Å². The predicted molar refractivity (Wildman–Crippen MR) is 46.3 cm³/mol. The summed E-state index contributed by atoms with van der Waals surface area (Å²) in [7, 11) is 1.73. The Morgan fingerprint density at radius 1 is 1.55 bits per heavy atom. The van der Waals surface area contributed by atoms with Crippen molar-refractivity contribution in [2.75, 3.05) is 20.3 Å². The molecule has 1 radical (unpaired) electrons. The van der Waals surface area contributed by atoms with Crippen molar-refractivity contribution in [3.63, 3.8) is 0 Å². The summed E-state index contributed by atoms with van der Waals surface area (Å²) in [6.07, 6.45) is 5.24. The van der Waals surface area contributed by atoms with Crippen LogP contribution in [0.1, 0.15) is 26.2 Å². The Morgan fingerprint density at radius 2 is 2.27 bits per heavy atom. The Kier molecular flexibility index (Phi) is 7.96. The Hall–Kier alpha value is -0.0800. The van der Waals surface area contributed by atoms with Gasteiger partial charge in [-0.15, -0.1) is 0 Å². The number of rotatable bonds is 7. The second kappa shape index (κ2) is 8.02. The van der Waals surface area contributed by atoms with Crippen LogP contribution in [0.15, 0.2) is 0 Å². The number of aliphatic hydroxyl groups is 1. The molecule has 0 heterocycles. The lowest BCUT2D eigenvalue weighted by atomic mass is 10.0. The fourth-order valence-electron chi connectivity index (χ4n) is 1.05. The van der Waals surface area contributed by atoms with Gasteiger partial charge in [-0.1, -0.05) is 6.92 Å². The summed E-state index contributed by atoms with van der Waals surface area (Å²) < 4.78 is 4.94. The lowest BCUT2D eigenvalue weighted by Gasteiger charge is -2.08. The summed E-state index contributed by atoms with van der Waals surface area (Å²) in [5.41, 5.74) is 0. The summed E-state index contributed by atoms with van der Waals surface area (Å²) in [5, 5.41) is 8.51. The van der Waals surface area contributed by atoms with Crippen molar-refractivity contribution in [2.24, 2.45) is 5.92 Å². The number of methoxy groups -OCH3 is 1. The highest BCUT2D eigenvalue weighted by Crippen LogP contribution is 2.11. The van der Waals surface area contributed by atoms with Gasteiger partial charge in [0.15, 0.2) is 0 Å². The summed E-state index contributed by atoms with van der Waals surface area (Å²) in [4.78, 5) is 0. The molecule has 0 fully saturated rings. The van der Waals surface area contributed by atoms with E-state index in [1.807, 2.05) is 6.42 Å². The van der Waals surface area contributed by atoms with Crippen molar-refractivity contribution in [2.45, 2.75) is 26.2 Å². The van der Waals surface area contributed by atoms with Crippen molar-refractivity contribution in [3.8, 4) is 0 Å². The molecule has 0 aliphatic carbocycles. The van der Waals surface area contributed by atoms with Gasteiger partial charge in [-0.3, -0.25) is 0 Å². The molecule has 0 aliphatic heterocycles. The molecule has 1 atom stereocenters. The van der Waals surface area contributed by atoms with Crippen LogP contribution in [0.4, 0.5) is 0 Å². The van der Waals surface area contributed by atoms with Crippen LogP contribution in [0.5, 0.6) is 0 Å². The standard InChI is InChI=1S/C9H19O2/c1-9(5-3-7-10)6-4-8-11-2/h3,9-10H,4-8H2,1-2H3. The Bertz CT molecular complexity index is 74.0. The van der Waals surface area contributed by atoms with Crippen LogP contribution in [-0.2, 0) is 4.74 Å². The van der Waals surface area contributed by atoms with E-state index in [9.17, 15) is 0 Å². The molecule has 0 aliphatic rings. The zero-order chi connectivity index (χ0) is 8.53. The molecule has 0 saturated heterocycles. The average molecular weight is 159 g/mol. The number of aliphatic hydroxyl groups excluding tert-OH is 1. The third-order valence-electron chi connectivity index (χ3n) is 1.74. The molecule has 11 heavy (non-hydrogen) atoms. The second-order valence-corrected chi connectivity index (χ2v) is 2.95. The Labute approximate surface area is 69.6 Å². The van der Waals surface area contributed by atoms with E-state index >= 15 is 0 Å². The Morgan fingerprint density at radius 3 is 2.82 bits per heavy atom. The van der Waals surface area contributed by atoms with Crippen LogP contribution in [0, 0.1) is 12.3 Å². The van der Waals surface area contributed by atoms with E-state index in [1.165, 1.54) is 6.42 Å². The molecule has 0 amide bonds. The van der Waals surface area contributed by atoms with Crippen molar-refractivity contribution >= 4 is 0 Å². The topological polar surface area (TPSA) is 29.5 Å². The second-order valence-electron chi connectivity index (χ2n) is 2.95. The highest BCUT2D eigenvalue weighted by molar-refractivity contribution is 4.66. The molecule has 2 nitrogen and oxygen atoms in total. The molecular formula is C9H19O2. The third-order valence-corrected chi connectivity index (χ3v) is 1.74. The molecule has 2 heteroatoms. The molecule has 1 N–H and O–H groups in total. The minimum absolute atomic E-state index is 0.203. The smallest absolute Gasteiger partial charge is 0.0462 e. The van der Waals surface area contributed by atoms with Crippen LogP contribution in [0.2, 0.25) is 0 Å².